The number of carbonyl (C=O) groups is 2. The van der Waals surface area contributed by atoms with Gasteiger partial charge in [-0.2, -0.15) is 0 Å². The maximum absolute atomic E-state index is 15.1. The fourth-order valence-electron chi connectivity index (χ4n) is 2.82. The molecule has 37 heavy (non-hydrogen) atoms. The molecule has 0 aromatic heterocycles. The molecule has 2 amide bonds. The lowest BCUT2D eigenvalue weighted by atomic mass is 10.1. The standard InChI is InChI=1S/C25H31F3IN3O4Si/c1-7-20(33)30-14-15-12-17(24(34)32-35-10-11-36-37(5,6)25(2,3)4)23(22(28)21(15)27)31-19-9-8-16(29)13-18(19)26/h7-9,12-13,31H,1,10-11,14H2,2-6H3,(H,30,33)(H,32,34). The third-order valence-electron chi connectivity index (χ3n) is 5.98. The molecule has 0 unspecified atom stereocenters. The minimum absolute atomic E-state index is 0.00927. The van der Waals surface area contributed by atoms with Gasteiger partial charge in [0.1, 0.15) is 5.82 Å². The molecule has 0 saturated carbocycles. The highest BCUT2D eigenvalue weighted by molar-refractivity contribution is 14.1. The molecule has 0 bridgehead atoms. The van der Waals surface area contributed by atoms with Crippen molar-refractivity contribution in [1.82, 2.24) is 10.8 Å². The van der Waals surface area contributed by atoms with Gasteiger partial charge < -0.3 is 15.1 Å². The molecule has 2 aromatic carbocycles. The molecule has 0 radical (unpaired) electrons. The third-order valence-corrected chi connectivity index (χ3v) is 11.2. The third kappa shape index (κ3) is 8.28. The Labute approximate surface area is 229 Å². The van der Waals surface area contributed by atoms with Crippen LogP contribution in [0.25, 0.3) is 0 Å². The van der Waals surface area contributed by atoms with Crippen molar-refractivity contribution >= 4 is 54.1 Å². The summed E-state index contributed by atoms with van der Waals surface area (Å²) in [5.41, 5.74) is 0.787. The molecule has 0 aliphatic rings. The quantitative estimate of drug-likeness (QED) is 0.0923. The van der Waals surface area contributed by atoms with Crippen molar-refractivity contribution in [2.45, 2.75) is 45.4 Å². The Morgan fingerprint density at radius 3 is 2.38 bits per heavy atom. The van der Waals surface area contributed by atoms with Crippen molar-refractivity contribution in [2.75, 3.05) is 18.5 Å². The van der Waals surface area contributed by atoms with Gasteiger partial charge in [-0.05, 0) is 71.1 Å². The zero-order valence-corrected chi connectivity index (χ0v) is 24.5. The van der Waals surface area contributed by atoms with Crippen molar-refractivity contribution in [2.24, 2.45) is 0 Å². The predicted octanol–water partition coefficient (Wildman–Crippen LogP) is 5.94. The molecule has 12 heteroatoms. The first-order valence-corrected chi connectivity index (χ1v) is 15.4. The number of amides is 2. The molecule has 202 valence electrons. The highest BCUT2D eigenvalue weighted by atomic mass is 127. The summed E-state index contributed by atoms with van der Waals surface area (Å²) >= 11 is 1.90. The van der Waals surface area contributed by atoms with Crippen LogP contribution in [0.5, 0.6) is 0 Å². The Bertz CT molecular complexity index is 1170. The topological polar surface area (TPSA) is 88.7 Å². The van der Waals surface area contributed by atoms with Crippen LogP contribution in [0.15, 0.2) is 36.9 Å². The van der Waals surface area contributed by atoms with E-state index in [2.05, 4.69) is 56.6 Å². The Morgan fingerprint density at radius 1 is 1.11 bits per heavy atom. The molecule has 7 nitrogen and oxygen atoms in total. The lowest BCUT2D eigenvalue weighted by molar-refractivity contribution is -0.116. The number of benzene rings is 2. The number of halogens is 4. The lowest BCUT2D eigenvalue weighted by Gasteiger charge is -2.36. The maximum atomic E-state index is 15.1. The minimum atomic E-state index is -2.02. The van der Waals surface area contributed by atoms with E-state index < -0.39 is 49.8 Å². The zero-order chi connectivity index (χ0) is 28.0. The molecule has 0 heterocycles. The smallest absolute Gasteiger partial charge is 0.277 e. The molecule has 3 N–H and O–H groups in total. The van der Waals surface area contributed by atoms with E-state index in [0.717, 1.165) is 12.1 Å². The predicted molar refractivity (Wildman–Crippen MR) is 147 cm³/mol. The van der Waals surface area contributed by atoms with Crippen LogP contribution in [-0.4, -0.2) is 33.3 Å². The van der Waals surface area contributed by atoms with Crippen LogP contribution >= 0.6 is 22.6 Å². The second-order valence-electron chi connectivity index (χ2n) is 9.65. The van der Waals surface area contributed by atoms with Gasteiger partial charge in [0, 0.05) is 15.7 Å². The van der Waals surface area contributed by atoms with E-state index in [-0.39, 0.29) is 35.1 Å². The van der Waals surface area contributed by atoms with E-state index in [0.29, 0.717) is 3.57 Å². The van der Waals surface area contributed by atoms with E-state index >= 15 is 4.39 Å². The first kappa shape index (κ1) is 30.8. The summed E-state index contributed by atoms with van der Waals surface area (Å²) in [5.74, 6) is -4.97. The molecular weight excluding hydrogens is 618 g/mol. The monoisotopic (exact) mass is 649 g/mol. The van der Waals surface area contributed by atoms with Crippen molar-refractivity contribution in [1.29, 1.82) is 0 Å². The Hall–Kier alpha value is -2.42. The van der Waals surface area contributed by atoms with E-state index in [1.165, 1.54) is 12.1 Å². The fourth-order valence-corrected chi connectivity index (χ4v) is 4.30. The van der Waals surface area contributed by atoms with Gasteiger partial charge in [-0.1, -0.05) is 27.4 Å². The van der Waals surface area contributed by atoms with E-state index in [4.69, 9.17) is 9.26 Å². The highest BCUT2D eigenvalue weighted by Crippen LogP contribution is 2.36. The van der Waals surface area contributed by atoms with E-state index in [1.807, 2.05) is 22.6 Å². The maximum Gasteiger partial charge on any atom is 0.277 e. The van der Waals surface area contributed by atoms with Gasteiger partial charge in [0.2, 0.25) is 5.91 Å². The number of rotatable bonds is 11. The van der Waals surface area contributed by atoms with E-state index in [9.17, 15) is 18.4 Å². The van der Waals surface area contributed by atoms with Crippen LogP contribution in [0.1, 0.15) is 36.7 Å². The number of carbonyl (C=O) groups excluding carboxylic acids is 2. The summed E-state index contributed by atoms with van der Waals surface area (Å²) in [5, 5.41) is 4.79. The number of hydrogen-bond donors (Lipinski definition) is 3. The fraction of sp³-hybridized carbons (Fsp3) is 0.360. The van der Waals surface area contributed by atoms with Crippen molar-refractivity contribution in [3.8, 4) is 0 Å². The molecule has 0 aliphatic carbocycles. The lowest BCUT2D eigenvalue weighted by Crippen LogP contribution is -2.41. The first-order valence-electron chi connectivity index (χ1n) is 11.4. The SMILES string of the molecule is C=CC(=O)NCc1cc(C(=O)NOCCO[Si](C)(C)C(C)(C)C)c(Nc2ccc(I)cc2F)c(F)c1F. The first-order chi connectivity index (χ1) is 17.2. The van der Waals surface area contributed by atoms with Crippen LogP contribution in [-0.2, 0) is 20.6 Å². The zero-order valence-electron chi connectivity index (χ0n) is 21.4. The molecule has 0 aliphatic heterocycles. The van der Waals surface area contributed by atoms with Crippen molar-refractivity contribution in [3.05, 3.63) is 69.1 Å². The summed E-state index contributed by atoms with van der Waals surface area (Å²) in [6, 6.07) is 5.15. The molecule has 2 rings (SSSR count). The summed E-state index contributed by atoms with van der Waals surface area (Å²) in [4.78, 5) is 29.7. The molecule has 0 atom stereocenters. The van der Waals surface area contributed by atoms with Gasteiger partial charge in [-0.25, -0.2) is 18.7 Å². The summed E-state index contributed by atoms with van der Waals surface area (Å²) in [6.45, 7) is 13.5. The molecule has 0 saturated heterocycles. The Morgan fingerprint density at radius 2 is 1.78 bits per heavy atom. The highest BCUT2D eigenvalue weighted by Gasteiger charge is 2.37. The molecular formula is C25H31F3IN3O4Si. The Kier molecular flexibility index (Phi) is 10.7. The average Bonchev–Trinajstić information content (AvgIpc) is 2.81. The van der Waals surface area contributed by atoms with Gasteiger partial charge in [-0.15, -0.1) is 0 Å². The number of anilines is 2. The van der Waals surface area contributed by atoms with Gasteiger partial charge >= 0.3 is 0 Å². The summed E-state index contributed by atoms with van der Waals surface area (Å²) in [7, 11) is -2.02. The van der Waals surface area contributed by atoms with Crippen LogP contribution in [0.3, 0.4) is 0 Å². The van der Waals surface area contributed by atoms with Crippen LogP contribution in [0.2, 0.25) is 18.1 Å². The minimum Gasteiger partial charge on any atom is -0.414 e. The molecule has 0 spiro atoms. The van der Waals surface area contributed by atoms with Gasteiger partial charge in [0.05, 0.1) is 30.2 Å². The van der Waals surface area contributed by atoms with Crippen LogP contribution in [0.4, 0.5) is 24.5 Å². The van der Waals surface area contributed by atoms with Gasteiger partial charge in [-0.3, -0.25) is 14.4 Å². The average molecular weight is 650 g/mol. The molecule has 2 aromatic rings. The summed E-state index contributed by atoms with van der Waals surface area (Å²) < 4.78 is 51.0. The number of nitrogens with one attached hydrogen (secondary N) is 3. The van der Waals surface area contributed by atoms with Crippen molar-refractivity contribution < 1.29 is 32.0 Å². The number of hydrogen-bond acceptors (Lipinski definition) is 5. The van der Waals surface area contributed by atoms with Crippen molar-refractivity contribution in [3.63, 3.8) is 0 Å². The van der Waals surface area contributed by atoms with Crippen LogP contribution in [0, 0.1) is 21.0 Å². The van der Waals surface area contributed by atoms with Gasteiger partial charge in [0.15, 0.2) is 20.0 Å². The summed E-state index contributed by atoms with van der Waals surface area (Å²) in [6.07, 6.45) is 0.969. The second kappa shape index (κ2) is 12.9. The molecule has 0 fully saturated rings. The second-order valence-corrected chi connectivity index (χ2v) is 15.7. The normalized spacial score (nSPS) is 11.7. The van der Waals surface area contributed by atoms with Gasteiger partial charge in [0.25, 0.3) is 5.91 Å². The largest absolute Gasteiger partial charge is 0.414 e. The van der Waals surface area contributed by atoms with E-state index in [1.54, 1.807) is 6.07 Å². The Balaban J connectivity index is 2.28. The van der Waals surface area contributed by atoms with Crippen LogP contribution < -0.4 is 16.1 Å². The number of hydroxylamine groups is 1.